The first kappa shape index (κ1) is 11.5. The number of nitrogens with zero attached hydrogens (tertiary/aromatic N) is 1. The number of allylic oxidation sites excluding steroid dienone is 3. The maximum Gasteiger partial charge on any atom is 0.256 e. The predicted octanol–water partition coefficient (Wildman–Crippen LogP) is -0.371. The van der Waals surface area contributed by atoms with Gasteiger partial charge in [-0.05, 0) is 32.1 Å². The average Bonchev–Trinajstić information content (AvgIpc) is 2.18. The van der Waals surface area contributed by atoms with Crippen LogP contribution in [0.1, 0.15) is 26.2 Å². The molecule has 0 aromatic rings. The van der Waals surface area contributed by atoms with Crippen molar-refractivity contribution in [2.24, 2.45) is 22.5 Å². The fourth-order valence-corrected chi connectivity index (χ4v) is 1.62. The van der Waals surface area contributed by atoms with Gasteiger partial charge in [-0.3, -0.25) is 0 Å². The number of nitrogens with two attached hydrogens (primary N) is 2. The van der Waals surface area contributed by atoms with Crippen LogP contribution in [0.25, 0.3) is 0 Å². The van der Waals surface area contributed by atoms with Crippen molar-refractivity contribution in [3.8, 4) is 0 Å². The van der Waals surface area contributed by atoms with E-state index in [0.717, 1.165) is 19.3 Å². The highest BCUT2D eigenvalue weighted by Crippen LogP contribution is 2.26. The Labute approximate surface area is 90.4 Å². The largest absolute Gasteiger partial charge is 0.365 e. The molecule has 4 heteroatoms. The quantitative estimate of drug-likeness (QED) is 0.255. The van der Waals surface area contributed by atoms with Crippen molar-refractivity contribution in [1.82, 2.24) is 0 Å². The summed E-state index contributed by atoms with van der Waals surface area (Å²) in [6.07, 6.45) is 7.31. The number of rotatable bonds is 3. The smallest absolute Gasteiger partial charge is 0.256 e. The van der Waals surface area contributed by atoms with E-state index < -0.39 is 0 Å². The Kier molecular flexibility index (Phi) is 4.09. The second-order valence-electron chi connectivity index (χ2n) is 3.91. The van der Waals surface area contributed by atoms with Gasteiger partial charge in [0.1, 0.15) is 0 Å². The summed E-state index contributed by atoms with van der Waals surface area (Å²) in [4.78, 5) is 0. The highest BCUT2D eigenvalue weighted by atomic mass is 15.3. The molecule has 0 heterocycles. The van der Waals surface area contributed by atoms with Crippen molar-refractivity contribution < 1.29 is 5.10 Å². The number of hydrogen-bond donors (Lipinski definition) is 3. The van der Waals surface area contributed by atoms with E-state index in [1.165, 1.54) is 11.1 Å². The summed E-state index contributed by atoms with van der Waals surface area (Å²) in [5, 5.41) is 6.40. The van der Waals surface area contributed by atoms with Crippen LogP contribution < -0.4 is 16.6 Å². The van der Waals surface area contributed by atoms with Gasteiger partial charge >= 0.3 is 0 Å². The minimum Gasteiger partial charge on any atom is -0.365 e. The molecule has 1 aliphatic carbocycles. The molecule has 1 rings (SSSR count). The molecule has 0 aromatic carbocycles. The molecule has 0 spiro atoms. The standard InChI is InChI=1S/C11H18N4/c1-8(2)10-5-3-9(4-6-10)7-14-15-11(12)13/h3,7,10H,1,4-6H2,2H3,(H4,12,13,15)/p+1. The highest BCUT2D eigenvalue weighted by molar-refractivity contribution is 5.76. The molecule has 0 fully saturated rings. The maximum absolute atomic E-state index is 5.18. The number of hydrogen-bond acceptors (Lipinski definition) is 1. The number of guanidine groups is 1. The third-order valence-corrected chi connectivity index (χ3v) is 2.59. The summed E-state index contributed by atoms with van der Waals surface area (Å²) in [5.74, 6) is 0.674. The van der Waals surface area contributed by atoms with Crippen LogP contribution in [0.5, 0.6) is 0 Å². The topological polar surface area (TPSA) is 78.4 Å². The van der Waals surface area contributed by atoms with E-state index in [0.29, 0.717) is 5.92 Å². The Morgan fingerprint density at radius 2 is 2.40 bits per heavy atom. The molecule has 0 amide bonds. The van der Waals surface area contributed by atoms with Gasteiger partial charge in [0.15, 0.2) is 6.21 Å². The highest BCUT2D eigenvalue weighted by Gasteiger charge is 2.14. The zero-order chi connectivity index (χ0) is 11.3. The van der Waals surface area contributed by atoms with E-state index in [4.69, 9.17) is 11.5 Å². The van der Waals surface area contributed by atoms with Crippen LogP contribution in [0.15, 0.2) is 28.9 Å². The van der Waals surface area contributed by atoms with Crippen molar-refractivity contribution in [1.29, 1.82) is 0 Å². The van der Waals surface area contributed by atoms with Crippen LogP contribution in [0, 0.1) is 5.92 Å². The molecule has 0 saturated heterocycles. The summed E-state index contributed by atoms with van der Waals surface area (Å²) >= 11 is 0. The third kappa shape index (κ3) is 3.97. The lowest BCUT2D eigenvalue weighted by atomic mass is 9.86. The summed E-state index contributed by atoms with van der Waals surface area (Å²) < 4.78 is 0. The van der Waals surface area contributed by atoms with Gasteiger partial charge in [-0.25, -0.2) is 0 Å². The molecule has 0 radical (unpaired) electrons. The summed E-state index contributed by atoms with van der Waals surface area (Å²) in [6, 6.07) is 0. The van der Waals surface area contributed by atoms with Crippen molar-refractivity contribution in [2.45, 2.75) is 26.2 Å². The van der Waals surface area contributed by atoms with E-state index in [1.807, 2.05) is 6.21 Å². The van der Waals surface area contributed by atoms with Gasteiger partial charge in [0.05, 0.1) is 0 Å². The molecule has 0 aliphatic heterocycles. The Hall–Kier alpha value is -1.58. The van der Waals surface area contributed by atoms with Crippen LogP contribution in [-0.2, 0) is 0 Å². The molecular formula is C11H19N4+. The molecule has 1 atom stereocenters. The molecule has 1 unspecified atom stereocenters. The monoisotopic (exact) mass is 207 g/mol. The molecule has 82 valence electrons. The second kappa shape index (κ2) is 5.34. The van der Waals surface area contributed by atoms with E-state index in [-0.39, 0.29) is 5.96 Å². The lowest BCUT2D eigenvalue weighted by Gasteiger charge is -2.19. The number of hydrazone groups is 1. The molecule has 4 nitrogen and oxygen atoms in total. The fraction of sp³-hybridized carbons (Fsp3) is 0.455. The Morgan fingerprint density at radius 3 is 2.87 bits per heavy atom. The first-order valence-corrected chi connectivity index (χ1v) is 5.11. The molecule has 5 N–H and O–H groups in total. The molecule has 0 saturated carbocycles. The Balaban J connectivity index is 2.51. The molecule has 15 heavy (non-hydrogen) atoms. The van der Waals surface area contributed by atoms with Gasteiger partial charge in [-0.1, -0.05) is 18.2 Å². The maximum atomic E-state index is 5.18. The van der Waals surface area contributed by atoms with E-state index >= 15 is 0 Å². The zero-order valence-electron chi connectivity index (χ0n) is 9.16. The second-order valence-corrected chi connectivity index (χ2v) is 3.91. The van der Waals surface area contributed by atoms with Crippen molar-refractivity contribution in [2.75, 3.05) is 0 Å². The van der Waals surface area contributed by atoms with Crippen molar-refractivity contribution in [3.05, 3.63) is 23.8 Å². The van der Waals surface area contributed by atoms with Crippen molar-refractivity contribution in [3.63, 3.8) is 0 Å². The normalized spacial score (nSPS) is 21.1. The van der Waals surface area contributed by atoms with Crippen LogP contribution in [0.3, 0.4) is 0 Å². The van der Waals surface area contributed by atoms with Crippen LogP contribution in [0.2, 0.25) is 0 Å². The first-order chi connectivity index (χ1) is 7.09. The van der Waals surface area contributed by atoms with Gasteiger partial charge in [0.2, 0.25) is 0 Å². The zero-order valence-corrected chi connectivity index (χ0v) is 9.16. The van der Waals surface area contributed by atoms with Gasteiger partial charge < -0.3 is 11.5 Å². The fourth-order valence-electron chi connectivity index (χ4n) is 1.62. The predicted molar refractivity (Wildman–Crippen MR) is 63.1 cm³/mol. The van der Waals surface area contributed by atoms with Gasteiger partial charge in [0, 0.05) is 10.7 Å². The van der Waals surface area contributed by atoms with Crippen LogP contribution >= 0.6 is 0 Å². The molecule has 1 aliphatic rings. The number of nitrogens with one attached hydrogen (secondary N) is 1. The van der Waals surface area contributed by atoms with Gasteiger partial charge in [-0.2, -0.15) is 0 Å². The van der Waals surface area contributed by atoms with E-state index in [1.54, 1.807) is 0 Å². The van der Waals surface area contributed by atoms with E-state index in [2.05, 4.69) is 29.8 Å². The Bertz CT molecular complexity index is 321. The van der Waals surface area contributed by atoms with Gasteiger partial charge in [0.25, 0.3) is 5.96 Å². The molecular weight excluding hydrogens is 188 g/mol. The molecule has 0 aromatic heterocycles. The molecule has 0 bridgehead atoms. The first-order valence-electron chi connectivity index (χ1n) is 5.11. The summed E-state index contributed by atoms with van der Waals surface area (Å²) in [6.45, 7) is 6.07. The lowest BCUT2D eigenvalue weighted by Crippen LogP contribution is -2.64. The van der Waals surface area contributed by atoms with Crippen LogP contribution in [-0.4, -0.2) is 12.2 Å². The SMILES string of the molecule is C=C(C)C1CC=C(C=[NH+]N=C(N)N)CC1. The lowest BCUT2D eigenvalue weighted by molar-refractivity contribution is -0.456. The minimum atomic E-state index is 0.0440. The van der Waals surface area contributed by atoms with E-state index in [9.17, 15) is 0 Å². The average molecular weight is 207 g/mol. The van der Waals surface area contributed by atoms with Gasteiger partial charge in [-0.15, -0.1) is 5.10 Å². The summed E-state index contributed by atoms with van der Waals surface area (Å²) in [5.41, 5.74) is 12.9. The Morgan fingerprint density at radius 1 is 1.67 bits per heavy atom. The van der Waals surface area contributed by atoms with Crippen LogP contribution in [0.4, 0.5) is 0 Å². The minimum absolute atomic E-state index is 0.0440. The third-order valence-electron chi connectivity index (χ3n) is 2.59. The van der Waals surface area contributed by atoms with Crippen molar-refractivity contribution >= 4 is 12.2 Å². The summed E-state index contributed by atoms with van der Waals surface area (Å²) in [7, 11) is 0.